The summed E-state index contributed by atoms with van der Waals surface area (Å²) in [6.45, 7) is 0. The Morgan fingerprint density at radius 1 is 1.50 bits per heavy atom. The van der Waals surface area contributed by atoms with E-state index in [1.807, 2.05) is 0 Å². The monoisotopic (exact) mass is 181 g/mol. The molecule has 0 saturated carbocycles. The number of halogens is 1. The summed E-state index contributed by atoms with van der Waals surface area (Å²) in [6.07, 6.45) is 2.24. The van der Waals surface area contributed by atoms with E-state index in [4.69, 9.17) is 16.1 Å². The molecule has 60 valence electrons. The van der Waals surface area contributed by atoms with Crippen molar-refractivity contribution in [1.82, 2.24) is 5.16 Å². The highest BCUT2D eigenvalue weighted by molar-refractivity contribution is 6.33. The molecule has 0 N–H and O–H groups in total. The van der Waals surface area contributed by atoms with Gasteiger partial charge in [-0.15, -0.1) is 0 Å². The third-order valence-electron chi connectivity index (χ3n) is 1.60. The molecule has 0 aliphatic heterocycles. The molecule has 0 atom stereocenters. The van der Waals surface area contributed by atoms with Gasteiger partial charge in [0.05, 0.1) is 11.2 Å². The Labute approximate surface area is 72.9 Å². The van der Waals surface area contributed by atoms with Gasteiger partial charge in [0, 0.05) is 17.0 Å². The molecule has 4 heteroatoms. The van der Waals surface area contributed by atoms with Gasteiger partial charge in [0.15, 0.2) is 11.9 Å². The predicted octanol–water partition coefficient (Wildman–Crippen LogP) is 2.29. The summed E-state index contributed by atoms with van der Waals surface area (Å²) < 4.78 is 4.85. The van der Waals surface area contributed by atoms with Gasteiger partial charge in [-0.2, -0.15) is 0 Å². The van der Waals surface area contributed by atoms with Crippen LogP contribution in [0.25, 0.3) is 11.0 Å². The van der Waals surface area contributed by atoms with Gasteiger partial charge in [0.1, 0.15) is 0 Å². The maximum absolute atomic E-state index is 10.5. The smallest absolute Gasteiger partial charge is 0.168 e. The first-order chi connectivity index (χ1) is 5.81. The molecule has 2 rings (SSSR count). The van der Waals surface area contributed by atoms with E-state index in [9.17, 15) is 4.79 Å². The first-order valence-corrected chi connectivity index (χ1v) is 3.68. The van der Waals surface area contributed by atoms with E-state index in [-0.39, 0.29) is 0 Å². The Hall–Kier alpha value is -1.35. The normalized spacial score (nSPS) is 10.4. The number of hydrogen-bond donors (Lipinski definition) is 0. The summed E-state index contributed by atoms with van der Waals surface area (Å²) in [7, 11) is 0. The number of rotatable bonds is 1. The number of nitrogens with zero attached hydrogens (tertiary/aromatic N) is 1. The van der Waals surface area contributed by atoms with E-state index in [1.165, 1.54) is 0 Å². The minimum absolute atomic E-state index is 0.384. The maximum atomic E-state index is 10.5. The molecule has 0 unspecified atom stereocenters. The van der Waals surface area contributed by atoms with Crippen molar-refractivity contribution in [2.75, 3.05) is 0 Å². The van der Waals surface area contributed by atoms with Crippen LogP contribution < -0.4 is 0 Å². The second-order valence-electron chi connectivity index (χ2n) is 2.36. The fraction of sp³-hybridized carbons (Fsp3) is 0. The number of benzene rings is 1. The molecule has 0 radical (unpaired) electrons. The number of fused-ring (bicyclic) bond motifs is 1. The minimum Gasteiger partial charge on any atom is -0.356 e. The fourth-order valence-electron chi connectivity index (χ4n) is 1.000. The Bertz CT molecular complexity index is 436. The third-order valence-corrected chi connectivity index (χ3v) is 1.93. The summed E-state index contributed by atoms with van der Waals surface area (Å²) in [5, 5.41) is 4.73. The molecule has 2 aromatic rings. The number of hydrogen-bond acceptors (Lipinski definition) is 3. The van der Waals surface area contributed by atoms with Crippen molar-refractivity contribution in [2.24, 2.45) is 0 Å². The Balaban J connectivity index is 2.81. The molecule has 0 aliphatic carbocycles. The van der Waals surface area contributed by atoms with Gasteiger partial charge in [-0.05, 0) is 6.07 Å². The number of aromatic nitrogens is 1. The highest BCUT2D eigenvalue weighted by atomic mass is 35.5. The van der Waals surface area contributed by atoms with Crippen LogP contribution in [0.15, 0.2) is 22.9 Å². The average molecular weight is 182 g/mol. The van der Waals surface area contributed by atoms with Crippen LogP contribution in [0.4, 0.5) is 0 Å². The van der Waals surface area contributed by atoms with Crippen LogP contribution in [-0.2, 0) is 0 Å². The van der Waals surface area contributed by atoms with E-state index in [2.05, 4.69) is 5.16 Å². The molecule has 1 heterocycles. The molecule has 0 spiro atoms. The minimum atomic E-state index is 0.384. The zero-order valence-corrected chi connectivity index (χ0v) is 6.71. The Kier molecular flexibility index (Phi) is 1.59. The summed E-state index contributed by atoms with van der Waals surface area (Å²) in [5.41, 5.74) is 1.04. The van der Waals surface area contributed by atoms with Gasteiger partial charge < -0.3 is 4.52 Å². The van der Waals surface area contributed by atoms with E-state index >= 15 is 0 Å². The van der Waals surface area contributed by atoms with Crippen LogP contribution in [0.5, 0.6) is 0 Å². The number of carbonyl (C=O) groups excluding carboxylic acids is 1. The average Bonchev–Trinajstić information content (AvgIpc) is 2.49. The van der Waals surface area contributed by atoms with Crippen molar-refractivity contribution < 1.29 is 9.32 Å². The zero-order valence-electron chi connectivity index (χ0n) is 5.95. The van der Waals surface area contributed by atoms with Crippen molar-refractivity contribution in [2.45, 2.75) is 0 Å². The molecule has 1 aromatic carbocycles. The molecule has 1 aromatic heterocycles. The first kappa shape index (κ1) is 7.31. The fourth-order valence-corrected chi connectivity index (χ4v) is 1.20. The van der Waals surface area contributed by atoms with Gasteiger partial charge in [0.2, 0.25) is 0 Å². The summed E-state index contributed by atoms with van der Waals surface area (Å²) in [4.78, 5) is 10.5. The van der Waals surface area contributed by atoms with E-state index < -0.39 is 0 Å². The van der Waals surface area contributed by atoms with Crippen LogP contribution in [-0.4, -0.2) is 11.4 Å². The molecule has 0 bridgehead atoms. The van der Waals surface area contributed by atoms with Gasteiger partial charge in [-0.25, -0.2) is 0 Å². The summed E-state index contributed by atoms with van der Waals surface area (Å²) in [6, 6.07) is 3.22. The molecular formula is C8H4ClNO2. The second-order valence-corrected chi connectivity index (χ2v) is 2.76. The van der Waals surface area contributed by atoms with Gasteiger partial charge in [-0.3, -0.25) is 4.79 Å². The largest absolute Gasteiger partial charge is 0.356 e. The predicted molar refractivity (Wildman–Crippen MR) is 44.4 cm³/mol. The molecule has 0 fully saturated rings. The summed E-state index contributed by atoms with van der Waals surface area (Å²) >= 11 is 5.74. The van der Waals surface area contributed by atoms with Crippen LogP contribution in [0.2, 0.25) is 5.02 Å². The lowest BCUT2D eigenvalue weighted by Crippen LogP contribution is -1.80. The molecule has 0 amide bonds. The lowest BCUT2D eigenvalue weighted by molar-refractivity contribution is 0.112. The summed E-state index contributed by atoms with van der Waals surface area (Å²) in [5.74, 6) is 0. The van der Waals surface area contributed by atoms with Crippen molar-refractivity contribution >= 4 is 28.9 Å². The van der Waals surface area contributed by atoms with Crippen molar-refractivity contribution in [3.63, 3.8) is 0 Å². The standard InChI is InChI=1S/C8H4ClNO2/c9-7-2-8-5(3-10-12-8)1-6(7)4-11/h1-4H. The first-order valence-electron chi connectivity index (χ1n) is 3.30. The highest BCUT2D eigenvalue weighted by Crippen LogP contribution is 2.22. The van der Waals surface area contributed by atoms with Crippen molar-refractivity contribution in [3.05, 3.63) is 28.9 Å². The lowest BCUT2D eigenvalue weighted by Gasteiger charge is -1.93. The second kappa shape index (κ2) is 2.60. The lowest BCUT2D eigenvalue weighted by atomic mass is 10.2. The van der Waals surface area contributed by atoms with Gasteiger partial charge in [-0.1, -0.05) is 16.8 Å². The Morgan fingerprint density at radius 3 is 3.08 bits per heavy atom. The van der Waals surface area contributed by atoms with Crippen LogP contribution in [0.1, 0.15) is 10.4 Å². The molecular weight excluding hydrogens is 178 g/mol. The maximum Gasteiger partial charge on any atom is 0.168 e. The molecule has 0 saturated heterocycles. The molecule has 12 heavy (non-hydrogen) atoms. The van der Waals surface area contributed by atoms with Crippen LogP contribution in [0, 0.1) is 0 Å². The van der Waals surface area contributed by atoms with Gasteiger partial charge >= 0.3 is 0 Å². The van der Waals surface area contributed by atoms with E-state index in [0.717, 1.165) is 5.39 Å². The van der Waals surface area contributed by atoms with Crippen LogP contribution in [0.3, 0.4) is 0 Å². The third kappa shape index (κ3) is 0.987. The van der Waals surface area contributed by atoms with E-state index in [1.54, 1.807) is 18.3 Å². The van der Waals surface area contributed by atoms with Crippen LogP contribution >= 0.6 is 11.6 Å². The quantitative estimate of drug-likeness (QED) is 0.634. The number of carbonyl (C=O) groups is 1. The van der Waals surface area contributed by atoms with Gasteiger partial charge in [0.25, 0.3) is 0 Å². The Morgan fingerprint density at radius 2 is 2.33 bits per heavy atom. The topological polar surface area (TPSA) is 43.1 Å². The molecule has 0 aliphatic rings. The number of aldehydes is 1. The van der Waals surface area contributed by atoms with E-state index in [0.29, 0.717) is 22.5 Å². The highest BCUT2D eigenvalue weighted by Gasteiger charge is 2.04. The van der Waals surface area contributed by atoms with Crippen molar-refractivity contribution in [3.8, 4) is 0 Å². The zero-order chi connectivity index (χ0) is 8.55. The SMILES string of the molecule is O=Cc1cc2cnoc2cc1Cl. The van der Waals surface area contributed by atoms with Crippen molar-refractivity contribution in [1.29, 1.82) is 0 Å². The molecule has 3 nitrogen and oxygen atoms in total.